The van der Waals surface area contributed by atoms with Crippen LogP contribution in [0.5, 0.6) is 0 Å². The zero-order chi connectivity index (χ0) is 13.0. The van der Waals surface area contributed by atoms with E-state index in [2.05, 4.69) is 35.0 Å². The fourth-order valence-electron chi connectivity index (χ4n) is 2.42. The fraction of sp³-hybridized carbons (Fsp3) is 0.571. The maximum Gasteiger partial charge on any atom is 0.0642 e. The van der Waals surface area contributed by atoms with E-state index in [1.807, 2.05) is 19.2 Å². The average Bonchev–Trinajstić information content (AvgIpc) is 2.39. The highest BCUT2D eigenvalue weighted by atomic mass is 35.5. The Kier molecular flexibility index (Phi) is 5.22. The van der Waals surface area contributed by atoms with Crippen LogP contribution in [-0.2, 0) is 6.54 Å². The highest BCUT2D eigenvalue weighted by Crippen LogP contribution is 2.33. The van der Waals surface area contributed by atoms with Gasteiger partial charge in [-0.15, -0.1) is 0 Å². The Bertz CT molecular complexity index is 397. The number of nitrogens with zero attached hydrogens (tertiary/aromatic N) is 1. The van der Waals surface area contributed by atoms with Gasteiger partial charge in [0.25, 0.3) is 0 Å². The number of rotatable bonds is 4. The van der Waals surface area contributed by atoms with Gasteiger partial charge in [0.05, 0.1) is 10.7 Å². The summed E-state index contributed by atoms with van der Waals surface area (Å²) in [7, 11) is 1.98. The van der Waals surface area contributed by atoms with Gasteiger partial charge in [0.15, 0.2) is 0 Å². The first kappa shape index (κ1) is 14.0. The highest BCUT2D eigenvalue weighted by molar-refractivity contribution is 8.00. The monoisotopic (exact) mass is 284 g/mol. The SMILES string of the molecule is CCC1CN(c2c(Cl)cccc2CNC)CCS1. The zero-order valence-electron chi connectivity index (χ0n) is 11.1. The van der Waals surface area contributed by atoms with Crippen molar-refractivity contribution in [3.63, 3.8) is 0 Å². The van der Waals surface area contributed by atoms with E-state index in [1.165, 1.54) is 23.4 Å². The second kappa shape index (κ2) is 6.69. The summed E-state index contributed by atoms with van der Waals surface area (Å²) < 4.78 is 0. The molecule has 1 heterocycles. The molecule has 0 bridgehead atoms. The summed E-state index contributed by atoms with van der Waals surface area (Å²) in [5, 5.41) is 4.84. The van der Waals surface area contributed by atoms with Crippen LogP contribution in [0.25, 0.3) is 0 Å². The lowest BCUT2D eigenvalue weighted by Crippen LogP contribution is -2.38. The highest BCUT2D eigenvalue weighted by Gasteiger charge is 2.22. The van der Waals surface area contributed by atoms with Crippen molar-refractivity contribution in [3.8, 4) is 0 Å². The summed E-state index contributed by atoms with van der Waals surface area (Å²) in [5.74, 6) is 1.20. The molecule has 1 fully saturated rings. The first-order chi connectivity index (χ1) is 8.76. The van der Waals surface area contributed by atoms with Crippen molar-refractivity contribution in [1.82, 2.24) is 5.32 Å². The summed E-state index contributed by atoms with van der Waals surface area (Å²) in [4.78, 5) is 2.46. The Morgan fingerprint density at radius 3 is 3.06 bits per heavy atom. The molecule has 0 aliphatic carbocycles. The number of benzene rings is 1. The second-order valence-electron chi connectivity index (χ2n) is 4.62. The van der Waals surface area contributed by atoms with E-state index in [-0.39, 0.29) is 0 Å². The maximum atomic E-state index is 6.41. The van der Waals surface area contributed by atoms with Gasteiger partial charge in [-0.3, -0.25) is 0 Å². The van der Waals surface area contributed by atoms with Crippen LogP contribution >= 0.6 is 23.4 Å². The van der Waals surface area contributed by atoms with Crippen molar-refractivity contribution in [2.45, 2.75) is 25.1 Å². The summed E-state index contributed by atoms with van der Waals surface area (Å²) in [6, 6.07) is 6.20. The molecule has 1 atom stereocenters. The molecule has 0 amide bonds. The van der Waals surface area contributed by atoms with Crippen molar-refractivity contribution >= 4 is 29.1 Å². The van der Waals surface area contributed by atoms with E-state index in [4.69, 9.17) is 11.6 Å². The van der Waals surface area contributed by atoms with Gasteiger partial charge in [-0.25, -0.2) is 0 Å². The number of hydrogen-bond acceptors (Lipinski definition) is 3. The molecule has 1 saturated heterocycles. The van der Waals surface area contributed by atoms with Gasteiger partial charge in [-0.1, -0.05) is 30.7 Å². The molecule has 4 heteroatoms. The summed E-state index contributed by atoms with van der Waals surface area (Å²) in [6.45, 7) is 5.35. The molecule has 1 unspecified atom stereocenters. The molecule has 1 N–H and O–H groups in total. The third-order valence-electron chi connectivity index (χ3n) is 3.35. The van der Waals surface area contributed by atoms with Gasteiger partial charge >= 0.3 is 0 Å². The average molecular weight is 285 g/mol. The van der Waals surface area contributed by atoms with Crippen molar-refractivity contribution in [3.05, 3.63) is 28.8 Å². The first-order valence-corrected chi connectivity index (χ1v) is 7.97. The topological polar surface area (TPSA) is 15.3 Å². The largest absolute Gasteiger partial charge is 0.368 e. The lowest BCUT2D eigenvalue weighted by Gasteiger charge is -2.35. The molecule has 1 aromatic carbocycles. The molecular weight excluding hydrogens is 264 g/mol. The van der Waals surface area contributed by atoms with E-state index < -0.39 is 0 Å². The van der Waals surface area contributed by atoms with E-state index in [0.29, 0.717) is 0 Å². The standard InChI is InChI=1S/C14H21ClN2S/c1-3-12-10-17(7-8-18-12)14-11(9-16-2)5-4-6-13(14)15/h4-6,12,16H,3,7-10H2,1-2H3. The van der Waals surface area contributed by atoms with Gasteiger partial charge in [-0.2, -0.15) is 11.8 Å². The van der Waals surface area contributed by atoms with Gasteiger partial charge in [0.1, 0.15) is 0 Å². The lowest BCUT2D eigenvalue weighted by molar-refractivity contribution is 0.719. The smallest absolute Gasteiger partial charge is 0.0642 e. The maximum absolute atomic E-state index is 6.41. The van der Waals surface area contributed by atoms with Crippen molar-refractivity contribution in [2.24, 2.45) is 0 Å². The lowest BCUT2D eigenvalue weighted by atomic mass is 10.1. The fourth-order valence-corrected chi connectivity index (χ4v) is 3.91. The van der Waals surface area contributed by atoms with E-state index in [9.17, 15) is 0 Å². The molecule has 0 aromatic heterocycles. The van der Waals surface area contributed by atoms with E-state index in [0.717, 1.165) is 29.9 Å². The van der Waals surface area contributed by atoms with Gasteiger partial charge < -0.3 is 10.2 Å². The van der Waals surface area contributed by atoms with Gasteiger partial charge in [0.2, 0.25) is 0 Å². The molecule has 18 heavy (non-hydrogen) atoms. The van der Waals surface area contributed by atoms with Crippen molar-refractivity contribution in [1.29, 1.82) is 0 Å². The summed E-state index contributed by atoms with van der Waals surface area (Å²) in [5.41, 5.74) is 2.53. The third kappa shape index (κ3) is 3.14. The minimum absolute atomic E-state index is 0.734. The molecule has 1 aliphatic rings. The van der Waals surface area contributed by atoms with Crippen LogP contribution in [0.1, 0.15) is 18.9 Å². The minimum atomic E-state index is 0.734. The molecule has 1 aromatic rings. The molecule has 0 spiro atoms. The summed E-state index contributed by atoms with van der Waals surface area (Å²) in [6.07, 6.45) is 1.23. The van der Waals surface area contributed by atoms with Crippen LogP contribution in [-0.4, -0.2) is 31.1 Å². The van der Waals surface area contributed by atoms with E-state index in [1.54, 1.807) is 0 Å². The Balaban J connectivity index is 2.25. The number of halogens is 1. The van der Waals surface area contributed by atoms with Crippen molar-refractivity contribution in [2.75, 3.05) is 30.8 Å². The number of thioether (sulfide) groups is 1. The molecule has 0 radical (unpaired) electrons. The molecule has 1 aliphatic heterocycles. The van der Waals surface area contributed by atoms with Gasteiger partial charge in [-0.05, 0) is 25.1 Å². The van der Waals surface area contributed by atoms with Crippen LogP contribution in [0.3, 0.4) is 0 Å². The predicted molar refractivity (Wildman–Crippen MR) is 83.0 cm³/mol. The Labute approximate surface area is 119 Å². The minimum Gasteiger partial charge on any atom is -0.368 e. The number of hydrogen-bond donors (Lipinski definition) is 1. The predicted octanol–water partition coefficient (Wildman–Crippen LogP) is 3.39. The molecular formula is C14H21ClN2S. The molecule has 2 rings (SSSR count). The quantitative estimate of drug-likeness (QED) is 0.912. The second-order valence-corrected chi connectivity index (χ2v) is 6.44. The number of para-hydroxylation sites is 1. The first-order valence-electron chi connectivity index (χ1n) is 6.54. The van der Waals surface area contributed by atoms with Crippen LogP contribution in [0.4, 0.5) is 5.69 Å². The van der Waals surface area contributed by atoms with Crippen LogP contribution in [0.2, 0.25) is 5.02 Å². The van der Waals surface area contributed by atoms with Crippen LogP contribution in [0.15, 0.2) is 18.2 Å². The molecule has 0 saturated carbocycles. The summed E-state index contributed by atoms with van der Waals surface area (Å²) >= 11 is 8.50. The Morgan fingerprint density at radius 1 is 1.50 bits per heavy atom. The van der Waals surface area contributed by atoms with Crippen LogP contribution in [0, 0.1) is 0 Å². The zero-order valence-corrected chi connectivity index (χ0v) is 12.7. The van der Waals surface area contributed by atoms with Gasteiger partial charge in [0, 0.05) is 30.6 Å². The normalized spacial score (nSPS) is 20.2. The number of nitrogens with one attached hydrogen (secondary N) is 1. The Hall–Kier alpha value is -0.380. The Morgan fingerprint density at radius 2 is 2.33 bits per heavy atom. The molecule has 2 nitrogen and oxygen atoms in total. The number of anilines is 1. The van der Waals surface area contributed by atoms with Crippen LogP contribution < -0.4 is 10.2 Å². The van der Waals surface area contributed by atoms with E-state index >= 15 is 0 Å². The molecule has 100 valence electrons. The van der Waals surface area contributed by atoms with Crippen molar-refractivity contribution < 1.29 is 0 Å². The third-order valence-corrected chi connectivity index (χ3v) is 5.03.